The fourth-order valence-corrected chi connectivity index (χ4v) is 5.42. The van der Waals surface area contributed by atoms with Gasteiger partial charge in [-0.15, -0.1) is 0 Å². The first-order valence-electron chi connectivity index (χ1n) is 9.40. The molecule has 2 aromatic rings. The van der Waals surface area contributed by atoms with Gasteiger partial charge in [0.2, 0.25) is 15.9 Å². The maximum atomic E-state index is 14.0. The van der Waals surface area contributed by atoms with Crippen LogP contribution in [0.15, 0.2) is 53.4 Å². The summed E-state index contributed by atoms with van der Waals surface area (Å²) >= 11 is 5.87. The Morgan fingerprint density at radius 2 is 1.57 bits per heavy atom. The van der Waals surface area contributed by atoms with Gasteiger partial charge in [-0.1, -0.05) is 23.7 Å². The van der Waals surface area contributed by atoms with E-state index in [1.54, 1.807) is 24.3 Å². The zero-order chi connectivity index (χ0) is 21.5. The van der Waals surface area contributed by atoms with E-state index in [1.165, 1.54) is 22.5 Å². The number of amides is 2. The molecule has 2 heterocycles. The van der Waals surface area contributed by atoms with E-state index in [0.717, 1.165) is 11.0 Å². The molecule has 2 amide bonds. The lowest BCUT2D eigenvalue weighted by Crippen LogP contribution is -2.53. The minimum Gasteiger partial charge on any atom is -0.289 e. The Hall–Kier alpha value is -2.33. The van der Waals surface area contributed by atoms with Gasteiger partial charge in [-0.25, -0.2) is 17.7 Å². The minimum absolute atomic E-state index is 0.0293. The quantitative estimate of drug-likeness (QED) is 0.665. The average Bonchev–Trinajstić information content (AvgIpc) is 3.03. The highest BCUT2D eigenvalue weighted by Gasteiger charge is 2.44. The summed E-state index contributed by atoms with van der Waals surface area (Å²) in [4.78, 5) is 28.0. The maximum Gasteiger partial charge on any atom is 0.251 e. The summed E-state index contributed by atoms with van der Waals surface area (Å²) in [6.45, 7) is 0.753. The van der Waals surface area contributed by atoms with E-state index in [2.05, 4.69) is 0 Å². The molecule has 0 radical (unpaired) electrons. The number of hydrogen-bond donors (Lipinski definition) is 0. The second-order valence-electron chi connectivity index (χ2n) is 7.13. The summed E-state index contributed by atoms with van der Waals surface area (Å²) in [5, 5.41) is 0.501. The van der Waals surface area contributed by atoms with Gasteiger partial charge < -0.3 is 0 Å². The van der Waals surface area contributed by atoms with Gasteiger partial charge in [0.1, 0.15) is 10.7 Å². The number of hydrogen-bond acceptors (Lipinski definition) is 5. The molecule has 0 N–H and O–H groups in total. The van der Waals surface area contributed by atoms with Crippen LogP contribution in [0.2, 0.25) is 5.02 Å². The van der Waals surface area contributed by atoms with Crippen molar-refractivity contribution in [3.8, 4) is 0 Å². The number of piperazine rings is 1. The Morgan fingerprint density at radius 1 is 0.933 bits per heavy atom. The van der Waals surface area contributed by atoms with Crippen molar-refractivity contribution >= 4 is 39.1 Å². The third kappa shape index (κ3) is 3.74. The van der Waals surface area contributed by atoms with Crippen molar-refractivity contribution in [2.45, 2.75) is 17.4 Å². The molecular formula is C20H19ClFN3O4S. The van der Waals surface area contributed by atoms with E-state index in [1.807, 2.05) is 4.90 Å². The molecule has 0 bridgehead atoms. The highest BCUT2D eigenvalue weighted by molar-refractivity contribution is 7.89. The molecule has 2 aliphatic rings. The van der Waals surface area contributed by atoms with E-state index in [9.17, 15) is 22.4 Å². The monoisotopic (exact) mass is 451 g/mol. The van der Waals surface area contributed by atoms with E-state index >= 15 is 0 Å². The van der Waals surface area contributed by atoms with Crippen LogP contribution in [0.4, 0.5) is 10.1 Å². The molecule has 0 aliphatic carbocycles. The fraction of sp³-hybridized carbons (Fsp3) is 0.300. The van der Waals surface area contributed by atoms with E-state index < -0.39 is 21.9 Å². The topological polar surface area (TPSA) is 78.0 Å². The van der Waals surface area contributed by atoms with Crippen molar-refractivity contribution in [3.63, 3.8) is 0 Å². The smallest absolute Gasteiger partial charge is 0.251 e. The second-order valence-corrected chi connectivity index (χ2v) is 9.48. The van der Waals surface area contributed by atoms with Gasteiger partial charge in [-0.05, 0) is 36.4 Å². The average molecular weight is 452 g/mol. The fourth-order valence-electron chi connectivity index (χ4n) is 3.81. The summed E-state index contributed by atoms with van der Waals surface area (Å²) in [6, 6.07) is 11.0. The van der Waals surface area contributed by atoms with Crippen LogP contribution in [0.25, 0.3) is 0 Å². The van der Waals surface area contributed by atoms with Gasteiger partial charge in [-0.2, -0.15) is 4.31 Å². The molecule has 2 aromatic carbocycles. The van der Waals surface area contributed by atoms with E-state index in [0.29, 0.717) is 10.7 Å². The van der Waals surface area contributed by atoms with Crippen LogP contribution in [-0.4, -0.2) is 61.7 Å². The van der Waals surface area contributed by atoms with Gasteiger partial charge in [0.15, 0.2) is 0 Å². The van der Waals surface area contributed by atoms with Gasteiger partial charge in [-0.3, -0.25) is 14.5 Å². The molecule has 1 unspecified atom stereocenters. The van der Waals surface area contributed by atoms with Gasteiger partial charge in [0.25, 0.3) is 5.91 Å². The third-order valence-corrected chi connectivity index (χ3v) is 7.56. The highest BCUT2D eigenvalue weighted by atomic mass is 35.5. The van der Waals surface area contributed by atoms with Crippen LogP contribution in [-0.2, 0) is 19.6 Å². The summed E-state index contributed by atoms with van der Waals surface area (Å²) in [5.74, 6) is -1.45. The Balaban J connectivity index is 1.46. The lowest BCUT2D eigenvalue weighted by atomic mass is 10.2. The molecule has 10 heteroatoms. The van der Waals surface area contributed by atoms with Gasteiger partial charge in [0, 0.05) is 31.2 Å². The largest absolute Gasteiger partial charge is 0.289 e. The molecule has 30 heavy (non-hydrogen) atoms. The summed E-state index contributed by atoms with van der Waals surface area (Å²) in [5.41, 5.74) is 0.456. The normalized spacial score (nSPS) is 21.4. The Bertz CT molecular complexity index is 1090. The van der Waals surface area contributed by atoms with Crippen LogP contribution in [0.3, 0.4) is 0 Å². The number of carbonyl (C=O) groups excluding carboxylic acids is 2. The lowest BCUT2D eigenvalue weighted by molar-refractivity contribution is -0.123. The van der Waals surface area contributed by atoms with Crippen molar-refractivity contribution in [2.24, 2.45) is 0 Å². The number of halogens is 2. The predicted octanol–water partition coefficient (Wildman–Crippen LogP) is 2.12. The minimum atomic E-state index is -3.96. The first-order valence-corrected chi connectivity index (χ1v) is 11.2. The van der Waals surface area contributed by atoms with E-state index in [4.69, 9.17) is 11.6 Å². The molecular weight excluding hydrogens is 433 g/mol. The maximum absolute atomic E-state index is 14.0. The Kier molecular flexibility index (Phi) is 5.63. The molecule has 2 saturated heterocycles. The van der Waals surface area contributed by atoms with Crippen LogP contribution in [0.5, 0.6) is 0 Å². The third-order valence-electron chi connectivity index (χ3n) is 5.38. The van der Waals surface area contributed by atoms with Crippen molar-refractivity contribution in [2.75, 3.05) is 31.1 Å². The van der Waals surface area contributed by atoms with Crippen LogP contribution >= 0.6 is 11.6 Å². The Labute approximate surface area is 178 Å². The number of carbonyl (C=O) groups is 2. The first kappa shape index (κ1) is 20.9. The zero-order valence-electron chi connectivity index (χ0n) is 15.9. The van der Waals surface area contributed by atoms with Crippen molar-refractivity contribution in [3.05, 3.63) is 59.4 Å². The van der Waals surface area contributed by atoms with Crippen LogP contribution in [0.1, 0.15) is 6.42 Å². The number of benzene rings is 2. The van der Waals surface area contributed by atoms with Crippen LogP contribution in [0, 0.1) is 5.82 Å². The molecule has 1 atom stereocenters. The molecule has 0 spiro atoms. The van der Waals surface area contributed by atoms with Crippen molar-refractivity contribution < 1.29 is 22.4 Å². The predicted molar refractivity (Wildman–Crippen MR) is 109 cm³/mol. The van der Waals surface area contributed by atoms with Gasteiger partial charge in [0.05, 0.1) is 18.2 Å². The zero-order valence-corrected chi connectivity index (χ0v) is 17.4. The first-order chi connectivity index (χ1) is 14.3. The molecule has 2 fully saturated rings. The molecule has 4 rings (SSSR count). The van der Waals surface area contributed by atoms with Gasteiger partial charge >= 0.3 is 0 Å². The molecule has 0 aromatic heterocycles. The summed E-state index contributed by atoms with van der Waals surface area (Å²) in [6.07, 6.45) is 0.0293. The lowest BCUT2D eigenvalue weighted by Gasteiger charge is -2.36. The van der Waals surface area contributed by atoms with Crippen molar-refractivity contribution in [1.82, 2.24) is 9.21 Å². The van der Waals surface area contributed by atoms with Crippen molar-refractivity contribution in [1.29, 1.82) is 0 Å². The Morgan fingerprint density at radius 3 is 2.20 bits per heavy atom. The second kappa shape index (κ2) is 8.07. The summed E-state index contributed by atoms with van der Waals surface area (Å²) in [7, 11) is -3.96. The van der Waals surface area contributed by atoms with Crippen LogP contribution < -0.4 is 4.90 Å². The standard InChI is InChI=1S/C20H19ClFN3O4S/c21-14-5-7-15(8-6-14)25-19(26)13-17(20(25)27)23-9-11-24(12-10-23)30(28,29)18-4-2-1-3-16(18)22/h1-8,17H,9-13H2. The number of imide groups is 1. The number of nitrogens with zero attached hydrogens (tertiary/aromatic N) is 3. The highest BCUT2D eigenvalue weighted by Crippen LogP contribution is 2.28. The SMILES string of the molecule is O=C1CC(N2CCN(S(=O)(=O)c3ccccc3F)CC2)C(=O)N1c1ccc(Cl)cc1. The molecule has 158 valence electrons. The number of anilines is 1. The summed E-state index contributed by atoms with van der Waals surface area (Å²) < 4.78 is 40.7. The van der Waals surface area contributed by atoms with E-state index in [-0.39, 0.29) is 49.3 Å². The molecule has 0 saturated carbocycles. The molecule has 7 nitrogen and oxygen atoms in total. The molecule has 2 aliphatic heterocycles. The number of sulfonamides is 1. The number of rotatable bonds is 4.